The van der Waals surface area contributed by atoms with Gasteiger partial charge >= 0.3 is 6.03 Å². The molecule has 2 aromatic rings. The van der Waals surface area contributed by atoms with Gasteiger partial charge < -0.3 is 9.80 Å². The van der Waals surface area contributed by atoms with E-state index in [9.17, 15) is 14.4 Å². The Hall–Kier alpha value is -3.42. The van der Waals surface area contributed by atoms with Crippen molar-refractivity contribution in [3.8, 4) is 0 Å². The monoisotopic (exact) mass is 473 g/mol. The van der Waals surface area contributed by atoms with Crippen LogP contribution in [0.15, 0.2) is 36.5 Å². The highest BCUT2D eigenvalue weighted by Gasteiger charge is 2.34. The number of pyridine rings is 1. The lowest BCUT2D eigenvalue weighted by molar-refractivity contribution is -0.125. The molecule has 1 aromatic carbocycles. The van der Waals surface area contributed by atoms with Gasteiger partial charge in [-0.3, -0.25) is 19.4 Å². The Kier molecular flexibility index (Phi) is 5.46. The molecule has 2 saturated heterocycles. The van der Waals surface area contributed by atoms with Crippen LogP contribution >= 0.6 is 0 Å². The largest absolute Gasteiger partial charge is 0.353 e. The third-order valence-electron chi connectivity index (χ3n) is 7.66. The summed E-state index contributed by atoms with van der Waals surface area (Å²) in [6.45, 7) is 5.13. The molecule has 8 heteroatoms. The minimum Gasteiger partial charge on any atom is -0.353 e. The van der Waals surface area contributed by atoms with E-state index in [1.165, 1.54) is 48.6 Å². The van der Waals surface area contributed by atoms with Gasteiger partial charge in [0.25, 0.3) is 5.91 Å². The third kappa shape index (κ3) is 4.26. The molecule has 2 aliphatic heterocycles. The first-order valence-electron chi connectivity index (χ1n) is 12.7. The molecule has 35 heavy (non-hydrogen) atoms. The molecule has 4 amide bonds. The maximum Gasteiger partial charge on any atom is 0.331 e. The number of hydrogen-bond donors (Lipinski definition) is 0. The van der Waals surface area contributed by atoms with Crippen LogP contribution in [0, 0.1) is 0 Å². The molecule has 1 aromatic heterocycles. The molecule has 0 spiro atoms. The number of amides is 4. The van der Waals surface area contributed by atoms with E-state index >= 15 is 0 Å². The molecule has 2 saturated carbocycles. The lowest BCUT2D eigenvalue weighted by Crippen LogP contribution is -2.49. The molecule has 0 N–H and O–H groups in total. The number of anilines is 2. The summed E-state index contributed by atoms with van der Waals surface area (Å²) in [5, 5.41) is 0. The van der Waals surface area contributed by atoms with Crippen molar-refractivity contribution in [2.45, 2.75) is 44.4 Å². The van der Waals surface area contributed by atoms with E-state index in [4.69, 9.17) is 4.98 Å². The van der Waals surface area contributed by atoms with Crippen LogP contribution in [0.2, 0.25) is 0 Å². The number of carbonyl (C=O) groups is 3. The Morgan fingerprint density at radius 1 is 0.886 bits per heavy atom. The summed E-state index contributed by atoms with van der Waals surface area (Å²) in [7, 11) is 0. The van der Waals surface area contributed by atoms with Crippen molar-refractivity contribution in [2.75, 3.05) is 49.1 Å². The first kappa shape index (κ1) is 22.1. The third-order valence-corrected chi connectivity index (χ3v) is 7.66. The number of carbonyl (C=O) groups excluding carboxylic acids is 3. The predicted molar refractivity (Wildman–Crippen MR) is 133 cm³/mol. The van der Waals surface area contributed by atoms with E-state index < -0.39 is 0 Å². The highest BCUT2D eigenvalue weighted by atomic mass is 16.2. The molecule has 2 aliphatic carbocycles. The number of nitrogens with zero attached hydrogens (tertiary/aromatic N) is 5. The summed E-state index contributed by atoms with van der Waals surface area (Å²) in [6.07, 6.45) is 7.16. The topological polar surface area (TPSA) is 77.1 Å². The number of rotatable bonds is 5. The highest BCUT2D eigenvalue weighted by molar-refractivity contribution is 6.04. The molecule has 3 heterocycles. The van der Waals surface area contributed by atoms with Gasteiger partial charge in [-0.2, -0.15) is 0 Å². The van der Waals surface area contributed by atoms with E-state index in [1.54, 1.807) is 29.2 Å². The number of urea groups is 1. The lowest BCUT2D eigenvalue weighted by Gasteiger charge is -2.36. The molecule has 0 unspecified atom stereocenters. The van der Waals surface area contributed by atoms with E-state index in [0.717, 1.165) is 18.9 Å². The first-order valence-corrected chi connectivity index (χ1v) is 12.7. The minimum atomic E-state index is -0.308. The maximum atomic E-state index is 13.2. The van der Waals surface area contributed by atoms with Gasteiger partial charge in [-0.05, 0) is 72.9 Å². The average Bonchev–Trinajstić information content (AvgIpc) is 3.81. The highest BCUT2D eigenvalue weighted by Crippen LogP contribution is 2.47. The molecule has 8 nitrogen and oxygen atoms in total. The molecule has 4 aliphatic rings. The summed E-state index contributed by atoms with van der Waals surface area (Å²) in [4.78, 5) is 49.1. The predicted octanol–water partition coefficient (Wildman–Crippen LogP) is 3.59. The van der Waals surface area contributed by atoms with Crippen LogP contribution in [0.1, 0.15) is 65.9 Å². The van der Waals surface area contributed by atoms with Gasteiger partial charge in [0.2, 0.25) is 5.91 Å². The fourth-order valence-electron chi connectivity index (χ4n) is 5.25. The zero-order chi connectivity index (χ0) is 24.1. The van der Waals surface area contributed by atoms with Crippen LogP contribution in [-0.2, 0) is 4.79 Å². The summed E-state index contributed by atoms with van der Waals surface area (Å²) >= 11 is 0. The molecule has 0 radical (unpaired) electrons. The Bertz CT molecular complexity index is 1160. The number of imide groups is 1. The Balaban J connectivity index is 1.09. The molecular formula is C27H31N5O3. The average molecular weight is 474 g/mol. The van der Waals surface area contributed by atoms with E-state index in [-0.39, 0.29) is 17.8 Å². The maximum absolute atomic E-state index is 13.2. The second-order valence-electron chi connectivity index (χ2n) is 10.2. The van der Waals surface area contributed by atoms with Crippen LogP contribution in [0.4, 0.5) is 16.3 Å². The Labute approximate surface area is 205 Å². The van der Waals surface area contributed by atoms with Crippen molar-refractivity contribution < 1.29 is 14.4 Å². The molecule has 0 atom stereocenters. The second kappa shape index (κ2) is 8.66. The van der Waals surface area contributed by atoms with Crippen molar-refractivity contribution in [1.29, 1.82) is 0 Å². The Morgan fingerprint density at radius 3 is 2.17 bits per heavy atom. The smallest absolute Gasteiger partial charge is 0.331 e. The van der Waals surface area contributed by atoms with Crippen molar-refractivity contribution in [1.82, 2.24) is 14.8 Å². The summed E-state index contributed by atoms with van der Waals surface area (Å²) in [5.74, 6) is 2.24. The molecule has 182 valence electrons. The van der Waals surface area contributed by atoms with E-state index in [2.05, 4.69) is 17.2 Å². The van der Waals surface area contributed by atoms with Crippen molar-refractivity contribution in [3.05, 3.63) is 53.2 Å². The van der Waals surface area contributed by atoms with E-state index in [1.807, 2.05) is 4.90 Å². The fraction of sp³-hybridized carbons (Fsp3) is 0.481. The first-order chi connectivity index (χ1) is 17.0. The zero-order valence-electron chi connectivity index (χ0n) is 20.2. The standard InChI is InChI=1S/C27H31N5O3/c1-18(33)31-14-15-32(27(31)35)23-8-6-21(7-9-23)26(34)30-12-10-29(11-13-30)25-24(20-4-5-20)16-22(17-28-25)19-2-3-19/h6-9,16-17,19-20H,2-5,10-15H2,1H3. The van der Waals surface area contributed by atoms with Crippen LogP contribution in [0.5, 0.6) is 0 Å². The summed E-state index contributed by atoms with van der Waals surface area (Å²) in [5.41, 5.74) is 4.12. The minimum absolute atomic E-state index is 0.00812. The summed E-state index contributed by atoms with van der Waals surface area (Å²) < 4.78 is 0. The van der Waals surface area contributed by atoms with Gasteiger partial charge in [0.05, 0.1) is 0 Å². The zero-order valence-corrected chi connectivity index (χ0v) is 20.2. The number of benzene rings is 1. The van der Waals surface area contributed by atoms with Crippen LogP contribution in [-0.4, -0.2) is 71.9 Å². The lowest BCUT2D eigenvalue weighted by atomic mass is 10.1. The number of aromatic nitrogens is 1. The van der Waals surface area contributed by atoms with Gasteiger partial charge in [0, 0.05) is 63.6 Å². The fourth-order valence-corrected chi connectivity index (χ4v) is 5.25. The van der Waals surface area contributed by atoms with Crippen LogP contribution in [0.3, 0.4) is 0 Å². The van der Waals surface area contributed by atoms with Gasteiger partial charge in [-0.1, -0.05) is 6.07 Å². The van der Waals surface area contributed by atoms with Crippen molar-refractivity contribution >= 4 is 29.4 Å². The molecule has 6 rings (SSSR count). The number of piperazine rings is 1. The van der Waals surface area contributed by atoms with Crippen LogP contribution < -0.4 is 9.80 Å². The number of hydrogen-bond acceptors (Lipinski definition) is 5. The van der Waals surface area contributed by atoms with E-state index in [0.29, 0.717) is 49.3 Å². The quantitative estimate of drug-likeness (QED) is 0.663. The molecule has 4 fully saturated rings. The summed E-state index contributed by atoms with van der Waals surface area (Å²) in [6, 6.07) is 9.22. The second-order valence-corrected chi connectivity index (χ2v) is 10.2. The normalized spacial score (nSPS) is 20.5. The van der Waals surface area contributed by atoms with Gasteiger partial charge in [-0.25, -0.2) is 9.78 Å². The molecular weight excluding hydrogens is 442 g/mol. The van der Waals surface area contributed by atoms with Gasteiger partial charge in [-0.15, -0.1) is 0 Å². The molecule has 0 bridgehead atoms. The van der Waals surface area contributed by atoms with Crippen LogP contribution in [0.25, 0.3) is 0 Å². The van der Waals surface area contributed by atoms with Gasteiger partial charge in [0.1, 0.15) is 5.82 Å². The Morgan fingerprint density at radius 2 is 1.57 bits per heavy atom. The van der Waals surface area contributed by atoms with Crippen molar-refractivity contribution in [2.24, 2.45) is 0 Å². The van der Waals surface area contributed by atoms with Gasteiger partial charge in [0.15, 0.2) is 0 Å². The SMILES string of the molecule is CC(=O)N1CCN(c2ccc(C(=O)N3CCN(c4ncc(C5CC5)cc4C4CC4)CC3)cc2)C1=O. The van der Waals surface area contributed by atoms with Crippen molar-refractivity contribution in [3.63, 3.8) is 0 Å².